The number of hydrogen-bond acceptors (Lipinski definition) is 2. The predicted octanol–water partition coefficient (Wildman–Crippen LogP) is 1.83. The van der Waals surface area contributed by atoms with Crippen LogP contribution in [0.15, 0.2) is 0 Å². The van der Waals surface area contributed by atoms with Gasteiger partial charge in [-0.3, -0.25) is 4.79 Å². The summed E-state index contributed by atoms with van der Waals surface area (Å²) in [5.74, 6) is 0.568. The molecule has 0 saturated heterocycles. The fourth-order valence-corrected chi connectivity index (χ4v) is 1.42. The third-order valence-electron chi connectivity index (χ3n) is 2.63. The van der Waals surface area contributed by atoms with Crippen LogP contribution in [0.1, 0.15) is 32.1 Å². The van der Waals surface area contributed by atoms with Crippen molar-refractivity contribution in [2.45, 2.75) is 38.3 Å². The molecule has 17 heavy (non-hydrogen) atoms. The molecule has 1 saturated carbocycles. The SMILES string of the molecule is O=C(CNCCCCC(F)(F)F)NCC1CC1. The predicted molar refractivity (Wildman–Crippen MR) is 58.5 cm³/mol. The molecule has 0 radical (unpaired) electrons. The van der Waals surface area contributed by atoms with Gasteiger partial charge in [0.05, 0.1) is 6.54 Å². The second-order valence-corrected chi connectivity index (χ2v) is 4.50. The topological polar surface area (TPSA) is 41.1 Å². The Hall–Kier alpha value is -0.780. The van der Waals surface area contributed by atoms with Crippen LogP contribution in [0.3, 0.4) is 0 Å². The Morgan fingerprint density at radius 3 is 2.53 bits per heavy atom. The molecule has 0 atom stereocenters. The van der Waals surface area contributed by atoms with Gasteiger partial charge in [0.2, 0.25) is 5.91 Å². The van der Waals surface area contributed by atoms with E-state index in [0.717, 1.165) is 6.54 Å². The number of rotatable bonds is 8. The van der Waals surface area contributed by atoms with Crippen molar-refractivity contribution in [2.24, 2.45) is 5.92 Å². The van der Waals surface area contributed by atoms with Crippen LogP contribution < -0.4 is 10.6 Å². The van der Waals surface area contributed by atoms with Crippen molar-refractivity contribution in [3.8, 4) is 0 Å². The molecular weight excluding hydrogens is 233 g/mol. The molecule has 0 aromatic rings. The van der Waals surface area contributed by atoms with E-state index in [1.165, 1.54) is 12.8 Å². The van der Waals surface area contributed by atoms with Crippen LogP contribution in [0, 0.1) is 5.92 Å². The van der Waals surface area contributed by atoms with Gasteiger partial charge in [0, 0.05) is 13.0 Å². The molecule has 100 valence electrons. The summed E-state index contributed by atoms with van der Waals surface area (Å²) in [6.45, 7) is 1.38. The van der Waals surface area contributed by atoms with Crippen LogP contribution in [0.5, 0.6) is 0 Å². The summed E-state index contributed by atoms with van der Waals surface area (Å²) in [5.41, 5.74) is 0. The Morgan fingerprint density at radius 2 is 1.94 bits per heavy atom. The first-order valence-corrected chi connectivity index (χ1v) is 6.01. The van der Waals surface area contributed by atoms with Crippen LogP contribution in [-0.2, 0) is 4.79 Å². The smallest absolute Gasteiger partial charge is 0.355 e. The third-order valence-corrected chi connectivity index (χ3v) is 2.63. The summed E-state index contributed by atoms with van der Waals surface area (Å²) in [5, 5.41) is 5.61. The van der Waals surface area contributed by atoms with E-state index < -0.39 is 12.6 Å². The number of nitrogens with one attached hydrogen (secondary N) is 2. The lowest BCUT2D eigenvalue weighted by Gasteiger charge is -2.07. The standard InChI is InChI=1S/C11H19F3N2O/c12-11(13,14)5-1-2-6-15-8-10(17)16-7-9-3-4-9/h9,15H,1-8H2,(H,16,17). The van der Waals surface area contributed by atoms with Gasteiger partial charge >= 0.3 is 6.18 Å². The van der Waals surface area contributed by atoms with E-state index in [1.54, 1.807) is 0 Å². The molecule has 0 bridgehead atoms. The second-order valence-electron chi connectivity index (χ2n) is 4.50. The van der Waals surface area contributed by atoms with Crippen molar-refractivity contribution in [3.05, 3.63) is 0 Å². The van der Waals surface area contributed by atoms with Crippen LogP contribution in [-0.4, -0.2) is 31.7 Å². The third kappa shape index (κ3) is 8.97. The zero-order valence-electron chi connectivity index (χ0n) is 9.78. The first kappa shape index (κ1) is 14.3. The van der Waals surface area contributed by atoms with Crippen LogP contribution in [0.25, 0.3) is 0 Å². The maximum Gasteiger partial charge on any atom is 0.389 e. The lowest BCUT2D eigenvalue weighted by molar-refractivity contribution is -0.135. The quantitative estimate of drug-likeness (QED) is 0.647. The molecule has 0 heterocycles. The molecule has 0 aromatic heterocycles. The number of amides is 1. The van der Waals surface area contributed by atoms with Gasteiger partial charge in [-0.15, -0.1) is 0 Å². The number of halogens is 3. The monoisotopic (exact) mass is 252 g/mol. The highest BCUT2D eigenvalue weighted by atomic mass is 19.4. The van der Waals surface area contributed by atoms with E-state index in [9.17, 15) is 18.0 Å². The largest absolute Gasteiger partial charge is 0.389 e. The van der Waals surface area contributed by atoms with Crippen molar-refractivity contribution >= 4 is 5.91 Å². The Labute approximate surface area is 99.1 Å². The van der Waals surface area contributed by atoms with E-state index in [-0.39, 0.29) is 18.9 Å². The van der Waals surface area contributed by atoms with Gasteiger partial charge in [0.25, 0.3) is 0 Å². The number of unbranched alkanes of at least 4 members (excludes halogenated alkanes) is 1. The van der Waals surface area contributed by atoms with Gasteiger partial charge in [-0.1, -0.05) is 0 Å². The van der Waals surface area contributed by atoms with Crippen LogP contribution >= 0.6 is 0 Å². The molecule has 1 amide bonds. The van der Waals surface area contributed by atoms with E-state index in [4.69, 9.17) is 0 Å². The summed E-state index contributed by atoms with van der Waals surface area (Å²) in [6.07, 6.45) is -1.89. The zero-order chi connectivity index (χ0) is 12.7. The molecular formula is C11H19F3N2O. The zero-order valence-corrected chi connectivity index (χ0v) is 9.78. The number of carbonyl (C=O) groups excluding carboxylic acids is 1. The fourth-order valence-electron chi connectivity index (χ4n) is 1.42. The fraction of sp³-hybridized carbons (Fsp3) is 0.909. The summed E-state index contributed by atoms with van der Waals surface area (Å²) in [6, 6.07) is 0. The van der Waals surface area contributed by atoms with Crippen LogP contribution in [0.2, 0.25) is 0 Å². The summed E-state index contributed by atoms with van der Waals surface area (Å²) >= 11 is 0. The molecule has 3 nitrogen and oxygen atoms in total. The molecule has 0 spiro atoms. The molecule has 0 unspecified atom stereocenters. The minimum absolute atomic E-state index is 0.0762. The Bertz CT molecular complexity index is 239. The van der Waals surface area contributed by atoms with E-state index >= 15 is 0 Å². The van der Waals surface area contributed by atoms with Crippen LogP contribution in [0.4, 0.5) is 13.2 Å². The Balaban J connectivity index is 1.84. The first-order chi connectivity index (χ1) is 7.97. The molecule has 2 N–H and O–H groups in total. The van der Waals surface area contributed by atoms with Crippen molar-refractivity contribution in [1.82, 2.24) is 10.6 Å². The van der Waals surface area contributed by atoms with Gasteiger partial charge < -0.3 is 10.6 Å². The summed E-state index contributed by atoms with van der Waals surface area (Å²) in [7, 11) is 0. The lowest BCUT2D eigenvalue weighted by Crippen LogP contribution is -2.35. The maximum atomic E-state index is 11.8. The number of hydrogen-bond donors (Lipinski definition) is 2. The highest BCUT2D eigenvalue weighted by Crippen LogP contribution is 2.27. The van der Waals surface area contributed by atoms with E-state index in [2.05, 4.69) is 10.6 Å². The molecule has 1 aliphatic rings. The first-order valence-electron chi connectivity index (χ1n) is 6.01. The van der Waals surface area contributed by atoms with Crippen molar-refractivity contribution in [2.75, 3.05) is 19.6 Å². The Kier molecular flexibility index (Phi) is 5.74. The van der Waals surface area contributed by atoms with Crippen molar-refractivity contribution in [1.29, 1.82) is 0 Å². The molecule has 1 aliphatic carbocycles. The second kappa shape index (κ2) is 6.83. The number of carbonyl (C=O) groups is 1. The van der Waals surface area contributed by atoms with Gasteiger partial charge in [-0.2, -0.15) is 13.2 Å². The average molecular weight is 252 g/mol. The Morgan fingerprint density at radius 1 is 1.24 bits per heavy atom. The van der Waals surface area contributed by atoms with Gasteiger partial charge in [-0.05, 0) is 38.1 Å². The highest BCUT2D eigenvalue weighted by molar-refractivity contribution is 5.77. The van der Waals surface area contributed by atoms with Crippen molar-refractivity contribution in [3.63, 3.8) is 0 Å². The molecule has 1 fully saturated rings. The number of alkyl halides is 3. The molecule has 6 heteroatoms. The molecule has 0 aliphatic heterocycles. The highest BCUT2D eigenvalue weighted by Gasteiger charge is 2.25. The maximum absolute atomic E-state index is 11.8. The van der Waals surface area contributed by atoms with Crippen molar-refractivity contribution < 1.29 is 18.0 Å². The molecule has 1 rings (SSSR count). The lowest BCUT2D eigenvalue weighted by atomic mass is 10.2. The van der Waals surface area contributed by atoms with Gasteiger partial charge in [0.15, 0.2) is 0 Å². The summed E-state index contributed by atoms with van der Waals surface area (Å²) < 4.78 is 35.4. The normalized spacial score (nSPS) is 15.9. The van der Waals surface area contributed by atoms with Gasteiger partial charge in [-0.25, -0.2) is 0 Å². The van der Waals surface area contributed by atoms with E-state index in [0.29, 0.717) is 18.9 Å². The minimum atomic E-state index is -4.07. The summed E-state index contributed by atoms with van der Waals surface area (Å²) in [4.78, 5) is 11.2. The molecule has 0 aromatic carbocycles. The minimum Gasteiger partial charge on any atom is -0.355 e. The van der Waals surface area contributed by atoms with E-state index in [1.807, 2.05) is 0 Å². The average Bonchev–Trinajstić information content (AvgIpc) is 3.02. The van der Waals surface area contributed by atoms with Gasteiger partial charge in [0.1, 0.15) is 0 Å².